The van der Waals surface area contributed by atoms with Crippen LogP contribution in [0.4, 0.5) is 9.93 Å². The van der Waals surface area contributed by atoms with Crippen LogP contribution in [0.1, 0.15) is 18.5 Å². The quantitative estimate of drug-likeness (QED) is 0.705. The highest BCUT2D eigenvalue weighted by molar-refractivity contribution is 7.19. The van der Waals surface area contributed by atoms with E-state index < -0.39 is 0 Å². The van der Waals surface area contributed by atoms with Gasteiger partial charge in [-0.25, -0.2) is 14.8 Å². The predicted molar refractivity (Wildman–Crippen MR) is 97.2 cm³/mol. The summed E-state index contributed by atoms with van der Waals surface area (Å²) in [7, 11) is 1.58. The zero-order valence-corrected chi connectivity index (χ0v) is 15.2. The summed E-state index contributed by atoms with van der Waals surface area (Å²) >= 11 is 1.38. The Morgan fingerprint density at radius 3 is 2.96 bits per heavy atom. The van der Waals surface area contributed by atoms with Gasteiger partial charge in [0.25, 0.3) is 0 Å². The molecule has 2 N–H and O–H groups in total. The summed E-state index contributed by atoms with van der Waals surface area (Å²) in [5, 5.41) is 6.06. The monoisotopic (exact) mass is 362 g/mol. The van der Waals surface area contributed by atoms with Crippen molar-refractivity contribution in [3.63, 3.8) is 0 Å². The molecule has 0 unspecified atom stereocenters. The molecule has 2 amide bonds. The summed E-state index contributed by atoms with van der Waals surface area (Å²) < 4.78 is 10.6. The number of methoxy groups -OCH3 is 1. The van der Waals surface area contributed by atoms with Crippen LogP contribution in [0.2, 0.25) is 0 Å². The number of ether oxygens (including phenoxy) is 2. The van der Waals surface area contributed by atoms with E-state index in [-0.39, 0.29) is 6.03 Å². The number of hydrogen-bond acceptors (Lipinski definition) is 6. The van der Waals surface area contributed by atoms with E-state index in [1.54, 1.807) is 13.2 Å². The summed E-state index contributed by atoms with van der Waals surface area (Å²) in [6.07, 6.45) is 2.53. The van der Waals surface area contributed by atoms with Crippen molar-refractivity contribution < 1.29 is 14.3 Å². The smallest absolute Gasteiger partial charge is 0.321 e. The minimum atomic E-state index is -0.283. The van der Waals surface area contributed by atoms with Crippen molar-refractivity contribution in [2.45, 2.75) is 19.8 Å². The molecule has 0 atom stereocenters. The summed E-state index contributed by atoms with van der Waals surface area (Å²) in [4.78, 5) is 21.6. The molecule has 134 valence electrons. The summed E-state index contributed by atoms with van der Waals surface area (Å²) in [6.45, 7) is 3.70. The first kappa shape index (κ1) is 17.6. The lowest BCUT2D eigenvalue weighted by molar-refractivity contribution is 0.127. The number of thiazole rings is 1. The first-order chi connectivity index (χ1) is 12.2. The van der Waals surface area contributed by atoms with Gasteiger partial charge in [-0.05, 0) is 31.7 Å². The molecule has 0 radical (unpaired) electrons. The maximum atomic E-state index is 11.9. The number of carbonyl (C=O) groups is 1. The van der Waals surface area contributed by atoms with Gasteiger partial charge < -0.3 is 14.8 Å². The van der Waals surface area contributed by atoms with Crippen LogP contribution < -0.4 is 15.4 Å². The number of nitrogens with one attached hydrogen (secondary N) is 2. The van der Waals surface area contributed by atoms with Crippen LogP contribution in [-0.4, -0.2) is 42.9 Å². The van der Waals surface area contributed by atoms with Gasteiger partial charge in [0.1, 0.15) is 0 Å². The van der Waals surface area contributed by atoms with Gasteiger partial charge in [0.15, 0.2) is 5.13 Å². The van der Waals surface area contributed by atoms with E-state index in [2.05, 4.69) is 20.6 Å². The van der Waals surface area contributed by atoms with E-state index >= 15 is 0 Å². The number of pyridine rings is 1. The van der Waals surface area contributed by atoms with Crippen molar-refractivity contribution in [3.05, 3.63) is 23.9 Å². The van der Waals surface area contributed by atoms with Gasteiger partial charge in [0, 0.05) is 19.2 Å². The molecule has 1 aliphatic rings. The third kappa shape index (κ3) is 5.14. The molecule has 0 saturated heterocycles. The lowest BCUT2D eigenvalue weighted by atomic mass is 10.3. The Kier molecular flexibility index (Phi) is 5.83. The van der Waals surface area contributed by atoms with Crippen molar-refractivity contribution in [1.82, 2.24) is 15.3 Å². The molecule has 0 aromatic carbocycles. The molecule has 2 aromatic heterocycles. The Morgan fingerprint density at radius 2 is 2.20 bits per heavy atom. The third-order valence-corrected chi connectivity index (χ3v) is 4.86. The number of urea groups is 1. The van der Waals surface area contributed by atoms with E-state index in [1.807, 2.05) is 19.1 Å². The second-order valence-corrected chi connectivity index (χ2v) is 6.90. The number of rotatable bonds is 8. The standard InChI is InChI=1S/C17H22N4O3S/c1-11-15(13-4-3-5-14(20-13)23-2)25-17(19-11)21-16(22)18-8-9-24-10-12-6-7-12/h3-5,12H,6-10H2,1-2H3,(H2,18,19,21,22). The van der Waals surface area contributed by atoms with Gasteiger partial charge in [-0.15, -0.1) is 0 Å². The van der Waals surface area contributed by atoms with Crippen molar-refractivity contribution >= 4 is 22.5 Å². The van der Waals surface area contributed by atoms with Crippen molar-refractivity contribution in [3.8, 4) is 16.5 Å². The molecule has 2 heterocycles. The normalized spacial score (nSPS) is 13.5. The molecule has 1 aliphatic carbocycles. The predicted octanol–water partition coefficient (Wildman–Crippen LogP) is 3.07. The average molecular weight is 362 g/mol. The topological polar surface area (TPSA) is 85.4 Å². The molecule has 25 heavy (non-hydrogen) atoms. The van der Waals surface area contributed by atoms with Gasteiger partial charge in [0.05, 0.1) is 30.0 Å². The van der Waals surface area contributed by atoms with Crippen LogP contribution in [0.25, 0.3) is 10.6 Å². The molecule has 1 saturated carbocycles. The first-order valence-corrected chi connectivity index (χ1v) is 9.09. The van der Waals surface area contributed by atoms with Gasteiger partial charge >= 0.3 is 6.03 Å². The van der Waals surface area contributed by atoms with Gasteiger partial charge in [-0.2, -0.15) is 0 Å². The second-order valence-electron chi connectivity index (χ2n) is 5.90. The lowest BCUT2D eigenvalue weighted by Crippen LogP contribution is -2.31. The fourth-order valence-electron chi connectivity index (χ4n) is 2.26. The van der Waals surface area contributed by atoms with E-state index in [0.29, 0.717) is 24.2 Å². The zero-order chi connectivity index (χ0) is 17.6. The molecular formula is C17H22N4O3S. The summed E-state index contributed by atoms with van der Waals surface area (Å²) in [5.41, 5.74) is 1.59. The van der Waals surface area contributed by atoms with Crippen LogP contribution in [0, 0.1) is 12.8 Å². The second kappa shape index (κ2) is 8.26. The maximum Gasteiger partial charge on any atom is 0.321 e. The minimum Gasteiger partial charge on any atom is -0.481 e. The Balaban J connectivity index is 1.51. The molecule has 1 fully saturated rings. The molecule has 0 aliphatic heterocycles. The number of anilines is 1. The molecule has 2 aromatic rings. The number of aryl methyl sites for hydroxylation is 1. The van der Waals surface area contributed by atoms with Crippen molar-refractivity contribution in [2.75, 3.05) is 32.2 Å². The van der Waals surface area contributed by atoms with Gasteiger partial charge in [-0.3, -0.25) is 5.32 Å². The largest absolute Gasteiger partial charge is 0.481 e. The molecule has 3 rings (SSSR count). The molecule has 0 spiro atoms. The van der Waals surface area contributed by atoms with Crippen LogP contribution >= 0.6 is 11.3 Å². The van der Waals surface area contributed by atoms with Gasteiger partial charge in [0.2, 0.25) is 5.88 Å². The Bertz CT molecular complexity index is 730. The molecule has 8 heteroatoms. The number of nitrogens with zero attached hydrogens (tertiary/aromatic N) is 2. The summed E-state index contributed by atoms with van der Waals surface area (Å²) in [5.74, 6) is 1.28. The first-order valence-electron chi connectivity index (χ1n) is 8.27. The van der Waals surface area contributed by atoms with Crippen LogP contribution in [0.5, 0.6) is 5.88 Å². The number of hydrogen-bond donors (Lipinski definition) is 2. The van der Waals surface area contributed by atoms with E-state index in [4.69, 9.17) is 9.47 Å². The Labute approximate surface area is 150 Å². The van der Waals surface area contributed by atoms with E-state index in [0.717, 1.165) is 28.8 Å². The average Bonchev–Trinajstić information content (AvgIpc) is 3.36. The van der Waals surface area contributed by atoms with E-state index in [9.17, 15) is 4.79 Å². The van der Waals surface area contributed by atoms with Crippen LogP contribution in [-0.2, 0) is 4.74 Å². The van der Waals surface area contributed by atoms with Crippen LogP contribution in [0.3, 0.4) is 0 Å². The number of carbonyl (C=O) groups excluding carboxylic acids is 1. The highest BCUT2D eigenvalue weighted by Gasteiger charge is 2.21. The SMILES string of the molecule is COc1cccc(-c2sc(NC(=O)NCCOCC3CC3)nc2C)n1. The zero-order valence-electron chi connectivity index (χ0n) is 14.4. The molecular weight excluding hydrogens is 340 g/mol. The number of amides is 2. The lowest BCUT2D eigenvalue weighted by Gasteiger charge is -2.06. The Hall–Kier alpha value is -2.19. The summed E-state index contributed by atoms with van der Waals surface area (Å²) in [6, 6.07) is 5.28. The Morgan fingerprint density at radius 1 is 1.36 bits per heavy atom. The highest BCUT2D eigenvalue weighted by atomic mass is 32.1. The molecule has 7 nitrogen and oxygen atoms in total. The number of aromatic nitrogens is 2. The van der Waals surface area contributed by atoms with Crippen molar-refractivity contribution in [1.29, 1.82) is 0 Å². The van der Waals surface area contributed by atoms with Gasteiger partial charge in [-0.1, -0.05) is 17.4 Å². The highest BCUT2D eigenvalue weighted by Crippen LogP contribution is 2.32. The fraction of sp³-hybridized carbons (Fsp3) is 0.471. The van der Waals surface area contributed by atoms with E-state index in [1.165, 1.54) is 24.2 Å². The third-order valence-electron chi connectivity index (χ3n) is 3.76. The minimum absolute atomic E-state index is 0.283. The molecule has 0 bridgehead atoms. The van der Waals surface area contributed by atoms with Crippen molar-refractivity contribution in [2.24, 2.45) is 5.92 Å². The maximum absolute atomic E-state index is 11.9. The van der Waals surface area contributed by atoms with Crippen LogP contribution in [0.15, 0.2) is 18.2 Å². The fourth-order valence-corrected chi connectivity index (χ4v) is 3.19.